The molecule has 1 aromatic rings. The molecule has 124 valence electrons. The lowest BCUT2D eigenvalue weighted by atomic mass is 10.1. The van der Waals surface area contributed by atoms with Crippen LogP contribution in [-0.4, -0.2) is 40.3 Å². The zero-order valence-corrected chi connectivity index (χ0v) is 13.7. The Morgan fingerprint density at radius 3 is 2.78 bits per heavy atom. The highest BCUT2D eigenvalue weighted by atomic mass is 16.2. The van der Waals surface area contributed by atoms with Crippen LogP contribution in [0.3, 0.4) is 0 Å². The molecule has 7 nitrogen and oxygen atoms in total. The predicted octanol–water partition coefficient (Wildman–Crippen LogP) is 1.04. The van der Waals surface area contributed by atoms with Crippen molar-refractivity contribution in [2.45, 2.75) is 46.2 Å². The monoisotopic (exact) mass is 318 g/mol. The molecule has 1 aromatic heterocycles. The highest BCUT2D eigenvalue weighted by molar-refractivity contribution is 6.05. The van der Waals surface area contributed by atoms with E-state index in [0.717, 1.165) is 21.7 Å². The number of aryl methyl sites for hydroxylation is 2. The quantitative estimate of drug-likeness (QED) is 0.767. The number of pyridine rings is 1. The number of nitrogens with one attached hydrogen (secondary N) is 2. The van der Waals surface area contributed by atoms with Crippen molar-refractivity contribution in [1.29, 1.82) is 0 Å². The summed E-state index contributed by atoms with van der Waals surface area (Å²) in [4.78, 5) is 41.1. The summed E-state index contributed by atoms with van der Waals surface area (Å²) in [7, 11) is 0. The van der Waals surface area contributed by atoms with Crippen LogP contribution < -0.4 is 10.6 Å². The van der Waals surface area contributed by atoms with Crippen LogP contribution in [0.15, 0.2) is 12.3 Å². The van der Waals surface area contributed by atoms with Crippen LogP contribution in [0.25, 0.3) is 0 Å². The molecule has 0 aromatic carbocycles. The Kier molecular flexibility index (Phi) is 5.31. The second kappa shape index (κ2) is 7.21. The highest BCUT2D eigenvalue weighted by Crippen LogP contribution is 2.11. The summed E-state index contributed by atoms with van der Waals surface area (Å²) >= 11 is 0. The van der Waals surface area contributed by atoms with Gasteiger partial charge in [0.25, 0.3) is 5.91 Å². The first-order valence-electron chi connectivity index (χ1n) is 7.73. The number of imide groups is 1. The van der Waals surface area contributed by atoms with Gasteiger partial charge in [-0.05, 0) is 37.5 Å². The molecule has 1 fully saturated rings. The summed E-state index contributed by atoms with van der Waals surface area (Å²) in [6.45, 7) is 6.48. The summed E-state index contributed by atoms with van der Waals surface area (Å²) in [5.41, 5.74) is 2.91. The van der Waals surface area contributed by atoms with Gasteiger partial charge in [0.1, 0.15) is 6.04 Å². The van der Waals surface area contributed by atoms with E-state index in [-0.39, 0.29) is 18.2 Å². The standard InChI is InChI=1S/C16H22N4O3/c1-4-5-20-15(22)13(19-16(20)23)7-14(21)18-9-12-8-17-11(3)6-10(12)2/h6,8,13H,4-5,7,9H2,1-3H3,(H,18,21)(H,19,23)/t13-/m1/s1. The van der Waals surface area contributed by atoms with Crippen molar-refractivity contribution in [1.82, 2.24) is 20.5 Å². The first kappa shape index (κ1) is 16.9. The van der Waals surface area contributed by atoms with Crippen molar-refractivity contribution >= 4 is 17.8 Å². The maximum Gasteiger partial charge on any atom is 0.324 e. The molecule has 0 aliphatic carbocycles. The van der Waals surface area contributed by atoms with Gasteiger partial charge in [-0.15, -0.1) is 0 Å². The lowest BCUT2D eigenvalue weighted by Crippen LogP contribution is -2.36. The molecule has 4 amide bonds. The Bertz CT molecular complexity index is 630. The second-order valence-corrected chi connectivity index (χ2v) is 5.72. The van der Waals surface area contributed by atoms with E-state index in [2.05, 4.69) is 15.6 Å². The number of aromatic nitrogens is 1. The van der Waals surface area contributed by atoms with Gasteiger partial charge >= 0.3 is 6.03 Å². The van der Waals surface area contributed by atoms with Gasteiger partial charge in [-0.25, -0.2) is 4.79 Å². The van der Waals surface area contributed by atoms with E-state index in [4.69, 9.17) is 0 Å². The lowest BCUT2D eigenvalue weighted by Gasteiger charge is -2.12. The Hall–Kier alpha value is -2.44. The first-order chi connectivity index (χ1) is 10.9. The van der Waals surface area contributed by atoms with Gasteiger partial charge in [-0.1, -0.05) is 6.92 Å². The normalized spacial score (nSPS) is 17.3. The van der Waals surface area contributed by atoms with Gasteiger partial charge in [0, 0.05) is 25.0 Å². The number of rotatable bonds is 6. The Morgan fingerprint density at radius 2 is 2.13 bits per heavy atom. The third kappa shape index (κ3) is 4.06. The molecule has 1 aliphatic heterocycles. The fourth-order valence-electron chi connectivity index (χ4n) is 2.51. The molecule has 1 aliphatic rings. The molecule has 0 spiro atoms. The van der Waals surface area contributed by atoms with E-state index >= 15 is 0 Å². The van der Waals surface area contributed by atoms with Gasteiger partial charge in [0.15, 0.2) is 0 Å². The van der Waals surface area contributed by atoms with Gasteiger partial charge in [0.2, 0.25) is 5.91 Å². The number of urea groups is 1. The molecule has 0 saturated carbocycles. The number of hydrogen-bond donors (Lipinski definition) is 2. The summed E-state index contributed by atoms with van der Waals surface area (Å²) < 4.78 is 0. The molecule has 0 radical (unpaired) electrons. The highest BCUT2D eigenvalue weighted by Gasteiger charge is 2.38. The maximum absolute atomic E-state index is 12.1. The maximum atomic E-state index is 12.1. The minimum absolute atomic E-state index is 0.0525. The largest absolute Gasteiger partial charge is 0.352 e. The molecular formula is C16H22N4O3. The van der Waals surface area contributed by atoms with Gasteiger partial charge in [-0.3, -0.25) is 19.5 Å². The number of carbonyl (C=O) groups excluding carboxylic acids is 3. The zero-order chi connectivity index (χ0) is 17.0. The molecule has 0 unspecified atom stereocenters. The molecule has 2 rings (SSSR count). The predicted molar refractivity (Wildman–Crippen MR) is 84.5 cm³/mol. The lowest BCUT2D eigenvalue weighted by molar-refractivity contribution is -0.130. The van der Waals surface area contributed by atoms with Crippen molar-refractivity contribution in [3.05, 3.63) is 29.1 Å². The third-order valence-corrected chi connectivity index (χ3v) is 3.78. The van der Waals surface area contributed by atoms with Crippen molar-refractivity contribution in [3.8, 4) is 0 Å². The van der Waals surface area contributed by atoms with Crippen LogP contribution in [0.5, 0.6) is 0 Å². The van der Waals surface area contributed by atoms with Crippen LogP contribution in [0.2, 0.25) is 0 Å². The van der Waals surface area contributed by atoms with Crippen molar-refractivity contribution in [2.24, 2.45) is 0 Å². The molecule has 23 heavy (non-hydrogen) atoms. The Labute approximate surface area is 135 Å². The van der Waals surface area contributed by atoms with E-state index < -0.39 is 12.1 Å². The molecule has 7 heteroatoms. The average molecular weight is 318 g/mol. The minimum Gasteiger partial charge on any atom is -0.352 e. The molecule has 1 atom stereocenters. The molecule has 1 saturated heterocycles. The van der Waals surface area contributed by atoms with E-state index in [1.807, 2.05) is 26.8 Å². The Morgan fingerprint density at radius 1 is 1.39 bits per heavy atom. The molecule has 0 bridgehead atoms. The van der Waals surface area contributed by atoms with E-state index in [9.17, 15) is 14.4 Å². The van der Waals surface area contributed by atoms with Crippen LogP contribution in [0.1, 0.15) is 36.6 Å². The summed E-state index contributed by atoms with van der Waals surface area (Å²) in [6.07, 6.45) is 2.37. The number of carbonyl (C=O) groups is 3. The van der Waals surface area contributed by atoms with E-state index in [1.54, 1.807) is 6.20 Å². The number of amides is 4. The van der Waals surface area contributed by atoms with Crippen LogP contribution >= 0.6 is 0 Å². The minimum atomic E-state index is -0.772. The SMILES string of the molecule is CCCN1C(=O)N[C@H](CC(=O)NCc2cnc(C)cc2C)C1=O. The van der Waals surface area contributed by atoms with Gasteiger partial charge in [-0.2, -0.15) is 0 Å². The Balaban J connectivity index is 1.88. The summed E-state index contributed by atoms with van der Waals surface area (Å²) in [6, 6.07) is 0.754. The summed E-state index contributed by atoms with van der Waals surface area (Å²) in [5.74, 6) is -0.609. The fourth-order valence-corrected chi connectivity index (χ4v) is 2.51. The third-order valence-electron chi connectivity index (χ3n) is 3.78. The van der Waals surface area contributed by atoms with Crippen LogP contribution in [-0.2, 0) is 16.1 Å². The van der Waals surface area contributed by atoms with Crippen LogP contribution in [0.4, 0.5) is 4.79 Å². The first-order valence-corrected chi connectivity index (χ1v) is 7.73. The topological polar surface area (TPSA) is 91.4 Å². The van der Waals surface area contributed by atoms with Crippen molar-refractivity contribution in [3.63, 3.8) is 0 Å². The molecular weight excluding hydrogens is 296 g/mol. The number of nitrogens with zero attached hydrogens (tertiary/aromatic N) is 2. The van der Waals surface area contributed by atoms with Crippen LogP contribution in [0, 0.1) is 13.8 Å². The smallest absolute Gasteiger partial charge is 0.324 e. The fraction of sp³-hybridized carbons (Fsp3) is 0.500. The van der Waals surface area contributed by atoms with Gasteiger partial charge in [0.05, 0.1) is 6.42 Å². The molecule has 2 heterocycles. The second-order valence-electron chi connectivity index (χ2n) is 5.72. The van der Waals surface area contributed by atoms with E-state index in [1.165, 1.54) is 0 Å². The van der Waals surface area contributed by atoms with Crippen molar-refractivity contribution in [2.75, 3.05) is 6.54 Å². The average Bonchev–Trinajstić information content (AvgIpc) is 2.74. The van der Waals surface area contributed by atoms with Gasteiger partial charge < -0.3 is 10.6 Å². The number of hydrogen-bond acceptors (Lipinski definition) is 4. The zero-order valence-electron chi connectivity index (χ0n) is 13.7. The summed E-state index contributed by atoms with van der Waals surface area (Å²) in [5, 5.41) is 5.32. The van der Waals surface area contributed by atoms with E-state index in [0.29, 0.717) is 19.5 Å². The molecule has 2 N–H and O–H groups in total. The van der Waals surface area contributed by atoms with Crippen molar-refractivity contribution < 1.29 is 14.4 Å².